The highest BCUT2D eigenvalue weighted by atomic mass is 16.6. The SMILES string of the molecule is CC(C)(C)OC(=O)N1CCN(CCOCc2cn(CCOCCOCCOCCOCCOCCOCCOCCO)nn2)CC1. The van der Waals surface area contributed by atoms with Gasteiger partial charge < -0.3 is 52.6 Å². The maximum Gasteiger partial charge on any atom is 0.410 e. The van der Waals surface area contributed by atoms with Crippen LogP contribution in [0.15, 0.2) is 6.20 Å². The van der Waals surface area contributed by atoms with Gasteiger partial charge in [0.1, 0.15) is 11.3 Å². The summed E-state index contributed by atoms with van der Waals surface area (Å²) in [5.74, 6) is 0. The molecular weight excluding hydrogens is 606 g/mol. The standard InChI is InChI=1S/C30H57N5O11/c1-30(2,3)46-29(37)34-6-4-33(5-7-34)8-11-45-27-28-26-35(32-31-28)9-12-38-14-16-40-18-20-42-22-24-44-25-23-43-21-19-41-17-15-39-13-10-36/h26,36H,4-25,27H2,1-3H3. The Hall–Kier alpha value is -1.99. The Kier molecular flexibility index (Phi) is 22.7. The van der Waals surface area contributed by atoms with Gasteiger partial charge >= 0.3 is 6.09 Å². The summed E-state index contributed by atoms with van der Waals surface area (Å²) in [6.45, 7) is 17.7. The quantitative estimate of drug-likeness (QED) is 0.123. The van der Waals surface area contributed by atoms with Crippen LogP contribution in [0.1, 0.15) is 26.5 Å². The molecule has 0 radical (unpaired) electrons. The maximum absolute atomic E-state index is 12.2. The van der Waals surface area contributed by atoms with Crippen LogP contribution in [-0.4, -0.2) is 180 Å². The van der Waals surface area contributed by atoms with E-state index in [2.05, 4.69) is 15.2 Å². The molecule has 1 amide bonds. The van der Waals surface area contributed by atoms with Crippen molar-refractivity contribution in [3.8, 4) is 0 Å². The molecule has 0 aromatic carbocycles. The molecule has 16 heteroatoms. The van der Waals surface area contributed by atoms with Gasteiger partial charge in [-0.1, -0.05) is 5.21 Å². The molecule has 1 aliphatic rings. The molecule has 0 atom stereocenters. The fourth-order valence-corrected chi connectivity index (χ4v) is 4.01. The number of aromatic nitrogens is 3. The first-order chi connectivity index (χ1) is 22.4. The van der Waals surface area contributed by atoms with Crippen molar-refractivity contribution in [2.75, 3.05) is 138 Å². The van der Waals surface area contributed by atoms with Gasteiger partial charge in [-0.3, -0.25) is 4.90 Å². The molecule has 0 bridgehead atoms. The lowest BCUT2D eigenvalue weighted by molar-refractivity contribution is -0.0217. The van der Waals surface area contributed by atoms with Crippen LogP contribution in [0.2, 0.25) is 0 Å². The predicted molar refractivity (Wildman–Crippen MR) is 167 cm³/mol. The summed E-state index contributed by atoms with van der Waals surface area (Å²) >= 11 is 0. The lowest BCUT2D eigenvalue weighted by atomic mass is 10.2. The van der Waals surface area contributed by atoms with E-state index in [1.54, 1.807) is 9.58 Å². The second-order valence-corrected chi connectivity index (χ2v) is 11.3. The molecule has 1 aromatic rings. The molecule has 46 heavy (non-hydrogen) atoms. The molecule has 1 fully saturated rings. The molecule has 1 aliphatic heterocycles. The van der Waals surface area contributed by atoms with Gasteiger partial charge in [0, 0.05) is 32.7 Å². The first-order valence-electron chi connectivity index (χ1n) is 16.2. The minimum absolute atomic E-state index is 0.0222. The normalized spacial score (nSPS) is 14.3. The summed E-state index contributed by atoms with van der Waals surface area (Å²) in [7, 11) is 0. The highest BCUT2D eigenvalue weighted by molar-refractivity contribution is 5.68. The van der Waals surface area contributed by atoms with Crippen LogP contribution in [0.5, 0.6) is 0 Å². The zero-order chi connectivity index (χ0) is 33.1. The summed E-state index contributed by atoms with van der Waals surface area (Å²) in [6.07, 6.45) is 1.62. The van der Waals surface area contributed by atoms with Gasteiger partial charge in [0.15, 0.2) is 0 Å². The summed E-state index contributed by atoms with van der Waals surface area (Å²) in [5, 5.41) is 16.9. The number of amides is 1. The van der Waals surface area contributed by atoms with Gasteiger partial charge in [0.25, 0.3) is 0 Å². The predicted octanol–water partition coefficient (Wildman–Crippen LogP) is 0.456. The van der Waals surface area contributed by atoms with Crippen molar-refractivity contribution in [3.63, 3.8) is 0 Å². The Labute approximate surface area is 273 Å². The number of nitrogens with zero attached hydrogens (tertiary/aromatic N) is 5. The molecular formula is C30H57N5O11. The van der Waals surface area contributed by atoms with Crippen LogP contribution in [0.4, 0.5) is 4.79 Å². The number of aliphatic hydroxyl groups is 1. The van der Waals surface area contributed by atoms with Gasteiger partial charge in [-0.2, -0.15) is 0 Å². The highest BCUT2D eigenvalue weighted by Gasteiger charge is 2.25. The molecule has 0 saturated carbocycles. The van der Waals surface area contributed by atoms with Crippen molar-refractivity contribution in [1.29, 1.82) is 0 Å². The van der Waals surface area contributed by atoms with Crippen molar-refractivity contribution < 1.29 is 52.5 Å². The zero-order valence-corrected chi connectivity index (χ0v) is 28.1. The van der Waals surface area contributed by atoms with E-state index < -0.39 is 5.60 Å². The summed E-state index contributed by atoms with van der Waals surface area (Å²) in [4.78, 5) is 16.2. The molecule has 0 unspecified atom stereocenters. The third kappa shape index (κ3) is 21.7. The van der Waals surface area contributed by atoms with Crippen molar-refractivity contribution in [1.82, 2.24) is 24.8 Å². The van der Waals surface area contributed by atoms with E-state index in [4.69, 9.17) is 47.7 Å². The largest absolute Gasteiger partial charge is 0.444 e. The van der Waals surface area contributed by atoms with Gasteiger partial charge in [0.05, 0.1) is 125 Å². The van der Waals surface area contributed by atoms with Gasteiger partial charge in [0.2, 0.25) is 0 Å². The van der Waals surface area contributed by atoms with E-state index in [1.807, 2.05) is 27.0 Å². The van der Waals surface area contributed by atoms with Crippen molar-refractivity contribution in [2.45, 2.75) is 39.5 Å². The molecule has 0 aliphatic carbocycles. The number of carbonyl (C=O) groups is 1. The minimum Gasteiger partial charge on any atom is -0.444 e. The molecule has 1 N–H and O–H groups in total. The van der Waals surface area contributed by atoms with Crippen molar-refractivity contribution in [2.24, 2.45) is 0 Å². The van der Waals surface area contributed by atoms with Gasteiger partial charge in [-0.25, -0.2) is 9.48 Å². The fourth-order valence-electron chi connectivity index (χ4n) is 4.01. The van der Waals surface area contributed by atoms with E-state index in [0.717, 1.165) is 25.3 Å². The first kappa shape index (κ1) is 40.2. The third-order valence-corrected chi connectivity index (χ3v) is 6.34. The fraction of sp³-hybridized carbons (Fsp3) is 0.900. The molecule has 0 spiro atoms. The van der Waals surface area contributed by atoms with Crippen LogP contribution in [0.25, 0.3) is 0 Å². The number of hydrogen-bond acceptors (Lipinski definition) is 14. The Morgan fingerprint density at radius 2 is 1.13 bits per heavy atom. The van der Waals surface area contributed by atoms with Crippen molar-refractivity contribution in [3.05, 3.63) is 11.9 Å². The zero-order valence-electron chi connectivity index (χ0n) is 28.1. The molecule has 2 heterocycles. The first-order valence-corrected chi connectivity index (χ1v) is 16.2. The summed E-state index contributed by atoms with van der Waals surface area (Å²) in [5.41, 5.74) is 0.297. The van der Waals surface area contributed by atoms with E-state index in [0.29, 0.717) is 125 Å². The lowest BCUT2D eigenvalue weighted by Gasteiger charge is -2.35. The van der Waals surface area contributed by atoms with E-state index in [-0.39, 0.29) is 12.7 Å². The monoisotopic (exact) mass is 663 g/mol. The summed E-state index contributed by atoms with van der Waals surface area (Å²) in [6, 6.07) is 0. The lowest BCUT2D eigenvalue weighted by Crippen LogP contribution is -2.50. The molecule has 1 saturated heterocycles. The van der Waals surface area contributed by atoms with E-state index >= 15 is 0 Å². The smallest absolute Gasteiger partial charge is 0.410 e. The Morgan fingerprint density at radius 1 is 0.674 bits per heavy atom. The average Bonchev–Trinajstić information content (AvgIpc) is 3.48. The van der Waals surface area contributed by atoms with Crippen LogP contribution in [0.3, 0.4) is 0 Å². The van der Waals surface area contributed by atoms with Crippen molar-refractivity contribution >= 4 is 6.09 Å². The Balaban J connectivity index is 1.30. The second-order valence-electron chi connectivity index (χ2n) is 11.3. The molecule has 16 nitrogen and oxygen atoms in total. The second kappa shape index (κ2) is 26.0. The topological polar surface area (TPSA) is 158 Å². The van der Waals surface area contributed by atoms with Crippen LogP contribution < -0.4 is 0 Å². The number of hydrogen-bond donors (Lipinski definition) is 1. The molecule has 2 rings (SSSR count). The Bertz CT molecular complexity index is 867. The number of carbonyl (C=O) groups excluding carboxylic acids is 1. The molecule has 268 valence electrons. The number of ether oxygens (including phenoxy) is 9. The van der Waals surface area contributed by atoms with Crippen LogP contribution in [-0.2, 0) is 55.8 Å². The summed E-state index contributed by atoms with van der Waals surface area (Å²) < 4.78 is 50.9. The van der Waals surface area contributed by atoms with E-state index in [9.17, 15) is 4.79 Å². The van der Waals surface area contributed by atoms with E-state index in [1.165, 1.54) is 0 Å². The third-order valence-electron chi connectivity index (χ3n) is 6.34. The maximum atomic E-state index is 12.2. The highest BCUT2D eigenvalue weighted by Crippen LogP contribution is 2.12. The van der Waals surface area contributed by atoms with Crippen LogP contribution >= 0.6 is 0 Å². The number of piperazine rings is 1. The number of aliphatic hydroxyl groups excluding tert-OH is 1. The van der Waals surface area contributed by atoms with Gasteiger partial charge in [-0.05, 0) is 20.8 Å². The Morgan fingerprint density at radius 3 is 1.61 bits per heavy atom. The number of rotatable bonds is 28. The average molecular weight is 664 g/mol. The van der Waals surface area contributed by atoms with Gasteiger partial charge in [-0.15, -0.1) is 5.10 Å². The minimum atomic E-state index is -0.477. The molecule has 1 aromatic heterocycles. The van der Waals surface area contributed by atoms with Crippen LogP contribution in [0, 0.1) is 0 Å².